The van der Waals surface area contributed by atoms with E-state index in [1.54, 1.807) is 6.92 Å². The molecule has 17 heavy (non-hydrogen) atoms. The second kappa shape index (κ2) is 7.30. The Hall–Kier alpha value is -1.06. The minimum absolute atomic E-state index is 0.307. The molecule has 1 aromatic carbocycles. The van der Waals surface area contributed by atoms with Crippen molar-refractivity contribution in [1.29, 1.82) is 0 Å². The number of hydrogen-bond acceptors (Lipinski definition) is 3. The molecule has 0 amide bonds. The summed E-state index contributed by atoms with van der Waals surface area (Å²) in [6.45, 7) is 7.51. The zero-order valence-electron chi connectivity index (χ0n) is 10.9. The van der Waals surface area contributed by atoms with Crippen LogP contribution in [0.3, 0.4) is 0 Å². The Bertz CT molecular complexity index is 326. The lowest BCUT2D eigenvalue weighted by Crippen LogP contribution is -2.17. The lowest BCUT2D eigenvalue weighted by molar-refractivity contribution is 0.155. The van der Waals surface area contributed by atoms with Crippen molar-refractivity contribution in [1.82, 2.24) is 5.32 Å². The molecule has 1 rings (SSSR count). The van der Waals surface area contributed by atoms with Gasteiger partial charge in [0.15, 0.2) is 0 Å². The maximum atomic E-state index is 9.15. The van der Waals surface area contributed by atoms with Gasteiger partial charge in [-0.3, -0.25) is 0 Å². The van der Waals surface area contributed by atoms with Crippen molar-refractivity contribution in [3.63, 3.8) is 0 Å². The van der Waals surface area contributed by atoms with E-state index in [4.69, 9.17) is 9.84 Å². The molecule has 0 heterocycles. The predicted molar refractivity (Wildman–Crippen MR) is 70.3 cm³/mol. The first-order chi connectivity index (χ1) is 8.13. The smallest absolute Gasteiger partial charge is 0.119 e. The molecule has 2 atom stereocenters. The molecule has 0 aliphatic heterocycles. The highest BCUT2D eigenvalue weighted by Crippen LogP contribution is 2.19. The maximum absolute atomic E-state index is 9.15. The molecule has 2 N–H and O–H groups in total. The van der Waals surface area contributed by atoms with Crippen LogP contribution in [0.15, 0.2) is 24.3 Å². The third-order valence-electron chi connectivity index (χ3n) is 2.67. The van der Waals surface area contributed by atoms with Gasteiger partial charge in [-0.25, -0.2) is 0 Å². The molecule has 0 radical (unpaired) electrons. The number of rotatable bonds is 7. The van der Waals surface area contributed by atoms with Crippen molar-refractivity contribution in [3.05, 3.63) is 29.8 Å². The number of aliphatic hydroxyl groups is 1. The van der Waals surface area contributed by atoms with E-state index in [-0.39, 0.29) is 6.10 Å². The summed E-state index contributed by atoms with van der Waals surface area (Å²) >= 11 is 0. The Morgan fingerprint density at radius 2 is 2.12 bits per heavy atom. The Balaban J connectivity index is 2.53. The summed E-state index contributed by atoms with van der Waals surface area (Å²) in [6, 6.07) is 8.43. The Labute approximate surface area is 104 Å². The fourth-order valence-electron chi connectivity index (χ4n) is 1.65. The van der Waals surface area contributed by atoms with Gasteiger partial charge in [0.1, 0.15) is 5.75 Å². The molecule has 0 aliphatic carbocycles. The lowest BCUT2D eigenvalue weighted by Gasteiger charge is -2.14. The third-order valence-corrected chi connectivity index (χ3v) is 2.67. The summed E-state index contributed by atoms with van der Waals surface area (Å²) in [6.07, 6.45) is 0.353. The first-order valence-electron chi connectivity index (χ1n) is 6.27. The number of hydrogen-bond donors (Lipinski definition) is 2. The van der Waals surface area contributed by atoms with E-state index in [0.717, 1.165) is 12.3 Å². The molecular weight excluding hydrogens is 214 g/mol. The predicted octanol–water partition coefficient (Wildman–Crippen LogP) is 2.51. The zero-order chi connectivity index (χ0) is 12.7. The number of nitrogens with one attached hydrogen (secondary N) is 1. The van der Waals surface area contributed by atoms with Crippen LogP contribution in [-0.2, 0) is 0 Å². The van der Waals surface area contributed by atoms with Crippen LogP contribution in [0.25, 0.3) is 0 Å². The van der Waals surface area contributed by atoms with Crippen LogP contribution in [0.1, 0.15) is 38.8 Å². The molecule has 1 aromatic rings. The van der Waals surface area contributed by atoms with E-state index in [9.17, 15) is 0 Å². The first kappa shape index (κ1) is 14.0. The van der Waals surface area contributed by atoms with Crippen molar-refractivity contribution >= 4 is 0 Å². The number of ether oxygens (including phenoxy) is 1. The molecule has 0 aliphatic rings. The molecule has 0 fully saturated rings. The second-order valence-electron chi connectivity index (χ2n) is 4.34. The normalized spacial score (nSPS) is 14.4. The van der Waals surface area contributed by atoms with E-state index in [0.29, 0.717) is 19.1 Å². The van der Waals surface area contributed by atoms with Crippen molar-refractivity contribution in [2.45, 2.75) is 39.3 Å². The average Bonchev–Trinajstić information content (AvgIpc) is 2.29. The van der Waals surface area contributed by atoms with Crippen LogP contribution in [0.2, 0.25) is 0 Å². The SMILES string of the molecule is CCNC(C)c1cccc(OCCC(C)O)c1. The van der Waals surface area contributed by atoms with Gasteiger partial charge in [-0.2, -0.15) is 0 Å². The van der Waals surface area contributed by atoms with Crippen LogP contribution in [0, 0.1) is 0 Å². The maximum Gasteiger partial charge on any atom is 0.119 e. The van der Waals surface area contributed by atoms with E-state index >= 15 is 0 Å². The highest BCUT2D eigenvalue weighted by molar-refractivity contribution is 5.30. The van der Waals surface area contributed by atoms with Gasteiger partial charge in [0.25, 0.3) is 0 Å². The highest BCUT2D eigenvalue weighted by Gasteiger charge is 2.05. The molecule has 96 valence electrons. The minimum atomic E-state index is -0.307. The standard InChI is InChI=1S/C14H23NO2/c1-4-15-12(3)13-6-5-7-14(10-13)17-9-8-11(2)16/h5-7,10-12,15-16H,4,8-9H2,1-3H3. The van der Waals surface area contributed by atoms with Gasteiger partial charge < -0.3 is 15.2 Å². The largest absolute Gasteiger partial charge is 0.493 e. The third kappa shape index (κ3) is 5.20. The average molecular weight is 237 g/mol. The van der Waals surface area contributed by atoms with E-state index in [2.05, 4.69) is 31.3 Å². The van der Waals surface area contributed by atoms with Gasteiger partial charge in [-0.1, -0.05) is 19.1 Å². The van der Waals surface area contributed by atoms with Gasteiger partial charge in [-0.05, 0) is 38.1 Å². The summed E-state index contributed by atoms with van der Waals surface area (Å²) in [5.74, 6) is 0.868. The molecule has 2 unspecified atom stereocenters. The molecule has 0 saturated carbocycles. The van der Waals surface area contributed by atoms with Crippen LogP contribution in [-0.4, -0.2) is 24.4 Å². The van der Waals surface area contributed by atoms with Gasteiger partial charge in [0.05, 0.1) is 12.7 Å². The Morgan fingerprint density at radius 3 is 2.76 bits per heavy atom. The summed E-state index contributed by atoms with van der Waals surface area (Å²) in [5, 5.41) is 12.5. The molecule has 0 aromatic heterocycles. The second-order valence-corrected chi connectivity index (χ2v) is 4.34. The highest BCUT2D eigenvalue weighted by atomic mass is 16.5. The molecule has 0 spiro atoms. The quantitative estimate of drug-likeness (QED) is 0.765. The van der Waals surface area contributed by atoms with E-state index in [1.807, 2.05) is 12.1 Å². The molecule has 0 bridgehead atoms. The Kier molecular flexibility index (Phi) is 6.01. The zero-order valence-corrected chi connectivity index (χ0v) is 10.9. The first-order valence-corrected chi connectivity index (χ1v) is 6.27. The summed E-state index contributed by atoms with van der Waals surface area (Å²) in [5.41, 5.74) is 1.22. The molecule has 3 heteroatoms. The number of aliphatic hydroxyl groups excluding tert-OH is 1. The monoisotopic (exact) mass is 237 g/mol. The van der Waals surface area contributed by atoms with Crippen LogP contribution >= 0.6 is 0 Å². The fourth-order valence-corrected chi connectivity index (χ4v) is 1.65. The van der Waals surface area contributed by atoms with Gasteiger partial charge in [0, 0.05) is 12.5 Å². The van der Waals surface area contributed by atoms with Crippen LogP contribution in [0.5, 0.6) is 5.75 Å². The van der Waals surface area contributed by atoms with Crippen LogP contribution in [0.4, 0.5) is 0 Å². The van der Waals surface area contributed by atoms with Crippen molar-refractivity contribution in [2.75, 3.05) is 13.2 Å². The Morgan fingerprint density at radius 1 is 1.35 bits per heavy atom. The lowest BCUT2D eigenvalue weighted by atomic mass is 10.1. The number of benzene rings is 1. The van der Waals surface area contributed by atoms with E-state index in [1.165, 1.54) is 5.56 Å². The summed E-state index contributed by atoms with van der Waals surface area (Å²) < 4.78 is 5.60. The van der Waals surface area contributed by atoms with Crippen molar-refractivity contribution in [3.8, 4) is 5.75 Å². The summed E-state index contributed by atoms with van der Waals surface area (Å²) in [7, 11) is 0. The fraction of sp³-hybridized carbons (Fsp3) is 0.571. The van der Waals surface area contributed by atoms with Gasteiger partial charge in [0.2, 0.25) is 0 Å². The van der Waals surface area contributed by atoms with Crippen molar-refractivity contribution < 1.29 is 9.84 Å². The van der Waals surface area contributed by atoms with Gasteiger partial charge >= 0.3 is 0 Å². The summed E-state index contributed by atoms with van der Waals surface area (Å²) in [4.78, 5) is 0. The van der Waals surface area contributed by atoms with E-state index < -0.39 is 0 Å². The molecule has 0 saturated heterocycles. The minimum Gasteiger partial charge on any atom is -0.493 e. The molecular formula is C14H23NO2. The van der Waals surface area contributed by atoms with Crippen LogP contribution < -0.4 is 10.1 Å². The van der Waals surface area contributed by atoms with Crippen molar-refractivity contribution in [2.24, 2.45) is 0 Å². The topological polar surface area (TPSA) is 41.5 Å². The van der Waals surface area contributed by atoms with Gasteiger partial charge in [-0.15, -0.1) is 0 Å². The molecule has 3 nitrogen and oxygen atoms in total.